The van der Waals surface area contributed by atoms with Crippen LogP contribution in [-0.2, 0) is 38.4 Å². The largest absolute Gasteiger partial charge is 0.481 e. The van der Waals surface area contributed by atoms with Crippen LogP contribution in [0.15, 0.2) is 0 Å². The molecule has 0 aromatic carbocycles. The average molecular weight is 557 g/mol. The number of Topliss-reactive ketones (excluding diaryl/α,β-unsaturated/α-hetero) is 2. The zero-order chi connectivity index (χ0) is 30.8. The summed E-state index contributed by atoms with van der Waals surface area (Å²) in [6.45, 7) is 0.861. The third kappa shape index (κ3) is 34.2. The van der Waals surface area contributed by atoms with Crippen molar-refractivity contribution in [2.45, 2.75) is 63.5 Å². The molecule has 0 saturated heterocycles. The fraction of sp³-hybridized carbons (Fsp3) is 0.600. The van der Waals surface area contributed by atoms with E-state index in [9.17, 15) is 38.4 Å². The van der Waals surface area contributed by atoms with Crippen LogP contribution in [0, 0.1) is 0 Å². The van der Waals surface area contributed by atoms with Crippen molar-refractivity contribution in [3.05, 3.63) is 0 Å². The molecule has 0 rings (SSSR count). The highest BCUT2D eigenvalue weighted by Gasteiger charge is 2.13. The second-order valence-corrected chi connectivity index (χ2v) is 7.00. The van der Waals surface area contributed by atoms with Gasteiger partial charge in [0.25, 0.3) is 0 Å². The summed E-state index contributed by atoms with van der Waals surface area (Å²) >= 11 is 0. The molecule has 0 saturated carbocycles. The molecule has 0 heterocycles. The SMILES string of the molecule is NC(CCC(=O)O)C(=O)O.NCCCC(=O)C(=O)O.NCCC[C@H](N)C(=O)O.O=C(O)CCC(=O)C(=O)O. The highest BCUT2D eigenvalue weighted by atomic mass is 16.4. The van der Waals surface area contributed by atoms with E-state index in [2.05, 4.69) is 0 Å². The van der Waals surface area contributed by atoms with E-state index in [1.54, 1.807) is 0 Å². The summed E-state index contributed by atoms with van der Waals surface area (Å²) in [6.07, 6.45) is 0.546. The van der Waals surface area contributed by atoms with Gasteiger partial charge in [-0.05, 0) is 38.8 Å². The second kappa shape index (κ2) is 26.1. The van der Waals surface area contributed by atoms with E-state index < -0.39 is 72.3 Å². The summed E-state index contributed by atoms with van der Waals surface area (Å²) in [5, 5.41) is 48.5. The first-order valence-electron chi connectivity index (χ1n) is 10.8. The molecule has 0 aromatic rings. The fourth-order valence-corrected chi connectivity index (χ4v) is 1.56. The number of carboxylic acids is 6. The maximum absolute atomic E-state index is 10.2. The molecule has 18 nitrogen and oxygen atoms in total. The standard InChI is InChI=1S/C5H12N2O2.C5H9NO4.C5H9NO3.C5H6O5/c6-3-1-2-4(7)5(8)9;6-3(5(9)10)1-2-4(7)8;6-3-1-2-4(7)5(8)9;6-3(5(9)10)1-2-4(7)8/h4H,1-3,6-7H2,(H,8,9);3H,1-2,6H2,(H,7,8)(H,9,10);1-3,6H2,(H,8,9);1-2H2,(H,7,8)(H,9,10)/t4-;;;/m0.../s1. The van der Waals surface area contributed by atoms with Crippen molar-refractivity contribution in [3.8, 4) is 0 Å². The Hall–Kier alpha value is -4.00. The number of aliphatic carboxylic acids is 6. The highest BCUT2D eigenvalue weighted by Crippen LogP contribution is 1.94. The zero-order valence-electron chi connectivity index (χ0n) is 20.5. The molecule has 2 atom stereocenters. The molecular formula is C20H36N4O14. The summed E-state index contributed by atoms with van der Waals surface area (Å²) in [5.41, 5.74) is 20.3. The second-order valence-electron chi connectivity index (χ2n) is 7.00. The van der Waals surface area contributed by atoms with E-state index in [-0.39, 0.29) is 19.3 Å². The van der Waals surface area contributed by atoms with Crippen molar-refractivity contribution in [3.63, 3.8) is 0 Å². The summed E-state index contributed by atoms with van der Waals surface area (Å²) in [6, 6.07) is -1.80. The Morgan fingerprint density at radius 3 is 1.18 bits per heavy atom. The number of nitrogens with two attached hydrogens (primary N) is 4. The average Bonchev–Trinajstić information content (AvgIpc) is 2.83. The highest BCUT2D eigenvalue weighted by molar-refractivity contribution is 6.33. The quantitative estimate of drug-likeness (QED) is 0.0862. The number of carbonyl (C=O) groups excluding carboxylic acids is 2. The van der Waals surface area contributed by atoms with Crippen LogP contribution in [0.25, 0.3) is 0 Å². The summed E-state index contributed by atoms with van der Waals surface area (Å²) in [4.78, 5) is 79.7. The van der Waals surface area contributed by atoms with E-state index in [1.165, 1.54) is 0 Å². The Balaban J connectivity index is -0.000000203. The van der Waals surface area contributed by atoms with Gasteiger partial charge < -0.3 is 53.6 Å². The van der Waals surface area contributed by atoms with Gasteiger partial charge in [0.05, 0.1) is 6.42 Å². The lowest BCUT2D eigenvalue weighted by atomic mass is 10.2. The number of carboxylic acid groups (broad SMARTS) is 6. The number of carbonyl (C=O) groups is 8. The number of hydrogen-bond donors (Lipinski definition) is 10. The molecular weight excluding hydrogens is 520 g/mol. The zero-order valence-corrected chi connectivity index (χ0v) is 20.5. The number of rotatable bonds is 16. The molecule has 0 aromatic heterocycles. The molecule has 0 spiro atoms. The molecule has 0 radical (unpaired) electrons. The van der Waals surface area contributed by atoms with Gasteiger partial charge in [-0.1, -0.05) is 0 Å². The van der Waals surface area contributed by atoms with Crippen LogP contribution in [0.2, 0.25) is 0 Å². The predicted octanol–water partition coefficient (Wildman–Crippen LogP) is -2.72. The first-order valence-corrected chi connectivity index (χ1v) is 10.8. The molecule has 0 bridgehead atoms. The Kier molecular flexibility index (Phi) is 28.2. The lowest BCUT2D eigenvalue weighted by Crippen LogP contribution is -2.30. The Morgan fingerprint density at radius 1 is 0.500 bits per heavy atom. The Labute approximate surface area is 216 Å². The summed E-state index contributed by atoms with van der Waals surface area (Å²) in [5.74, 6) is -9.11. The van der Waals surface area contributed by atoms with Crippen molar-refractivity contribution in [1.29, 1.82) is 0 Å². The molecule has 14 N–H and O–H groups in total. The topological polar surface area (TPSA) is 362 Å². The van der Waals surface area contributed by atoms with Crippen LogP contribution >= 0.6 is 0 Å². The van der Waals surface area contributed by atoms with Gasteiger partial charge in [-0.2, -0.15) is 0 Å². The maximum Gasteiger partial charge on any atom is 0.372 e. The molecule has 18 heteroatoms. The first kappa shape index (κ1) is 41.1. The third-order valence-electron chi connectivity index (χ3n) is 3.67. The van der Waals surface area contributed by atoms with E-state index in [0.29, 0.717) is 32.4 Å². The van der Waals surface area contributed by atoms with E-state index in [1.807, 2.05) is 0 Å². The van der Waals surface area contributed by atoms with Crippen LogP contribution in [0.1, 0.15) is 51.4 Å². The maximum atomic E-state index is 10.2. The lowest BCUT2D eigenvalue weighted by molar-refractivity contribution is -0.150. The minimum absolute atomic E-state index is 0.0231. The van der Waals surface area contributed by atoms with Crippen molar-refractivity contribution in [2.75, 3.05) is 13.1 Å². The van der Waals surface area contributed by atoms with Crippen molar-refractivity contribution >= 4 is 47.4 Å². The lowest BCUT2D eigenvalue weighted by Gasteiger charge is -2.02. The smallest absolute Gasteiger partial charge is 0.372 e. The van der Waals surface area contributed by atoms with Crippen LogP contribution < -0.4 is 22.9 Å². The Morgan fingerprint density at radius 2 is 0.868 bits per heavy atom. The van der Waals surface area contributed by atoms with Crippen LogP contribution in [0.5, 0.6) is 0 Å². The number of ketones is 2. The van der Waals surface area contributed by atoms with Gasteiger partial charge in [-0.15, -0.1) is 0 Å². The fourth-order valence-electron chi connectivity index (χ4n) is 1.56. The normalized spacial score (nSPS) is 10.8. The molecule has 0 aliphatic rings. The van der Waals surface area contributed by atoms with Gasteiger partial charge in [-0.3, -0.25) is 28.8 Å². The van der Waals surface area contributed by atoms with E-state index >= 15 is 0 Å². The van der Waals surface area contributed by atoms with Gasteiger partial charge in [0.1, 0.15) is 12.1 Å². The molecule has 220 valence electrons. The summed E-state index contributed by atoms with van der Waals surface area (Å²) in [7, 11) is 0. The molecule has 0 fully saturated rings. The number of hydrogen-bond acceptors (Lipinski definition) is 12. The molecule has 1 unspecified atom stereocenters. The van der Waals surface area contributed by atoms with Crippen LogP contribution in [-0.4, -0.2) is 103 Å². The first-order chi connectivity index (χ1) is 17.4. The predicted molar refractivity (Wildman–Crippen MR) is 127 cm³/mol. The molecule has 38 heavy (non-hydrogen) atoms. The minimum atomic E-state index is -1.58. The van der Waals surface area contributed by atoms with Crippen molar-refractivity contribution in [2.24, 2.45) is 22.9 Å². The monoisotopic (exact) mass is 556 g/mol. The van der Waals surface area contributed by atoms with Gasteiger partial charge in [0.2, 0.25) is 11.6 Å². The Bertz CT molecular complexity index is 788. The van der Waals surface area contributed by atoms with Gasteiger partial charge >= 0.3 is 35.8 Å². The summed E-state index contributed by atoms with van der Waals surface area (Å²) < 4.78 is 0. The molecule has 0 amide bonds. The molecule has 0 aliphatic carbocycles. The molecule has 0 aliphatic heterocycles. The van der Waals surface area contributed by atoms with E-state index in [0.717, 1.165) is 0 Å². The van der Waals surface area contributed by atoms with Gasteiger partial charge in [0, 0.05) is 19.3 Å². The van der Waals surface area contributed by atoms with Crippen molar-refractivity contribution in [1.82, 2.24) is 0 Å². The van der Waals surface area contributed by atoms with Gasteiger partial charge in [0.15, 0.2) is 0 Å². The minimum Gasteiger partial charge on any atom is -0.481 e. The van der Waals surface area contributed by atoms with Crippen molar-refractivity contribution < 1.29 is 69.0 Å². The van der Waals surface area contributed by atoms with Crippen LogP contribution in [0.3, 0.4) is 0 Å². The van der Waals surface area contributed by atoms with E-state index in [4.69, 9.17) is 53.6 Å². The van der Waals surface area contributed by atoms with Crippen LogP contribution in [0.4, 0.5) is 0 Å². The van der Waals surface area contributed by atoms with Gasteiger partial charge in [-0.25, -0.2) is 9.59 Å². The third-order valence-corrected chi connectivity index (χ3v) is 3.67.